The van der Waals surface area contributed by atoms with Crippen LogP contribution in [0.5, 0.6) is 0 Å². The van der Waals surface area contributed by atoms with E-state index in [2.05, 4.69) is 10.2 Å². The van der Waals surface area contributed by atoms with Crippen molar-refractivity contribution >= 4 is 17.7 Å². The minimum Gasteiger partial charge on any atom is -0.481 e. The lowest BCUT2D eigenvalue weighted by Crippen LogP contribution is -2.08. The first-order valence-corrected chi connectivity index (χ1v) is 6.25. The van der Waals surface area contributed by atoms with Gasteiger partial charge >= 0.3 is 5.97 Å². The summed E-state index contributed by atoms with van der Waals surface area (Å²) < 4.78 is 1.77. The summed E-state index contributed by atoms with van der Waals surface area (Å²) in [7, 11) is 0. The Morgan fingerprint density at radius 2 is 2.06 bits per heavy atom. The third-order valence-electron chi connectivity index (χ3n) is 2.22. The average Bonchev–Trinajstić information content (AvgIpc) is 2.80. The molecule has 0 radical (unpaired) electrons. The van der Waals surface area contributed by atoms with Crippen LogP contribution in [0.3, 0.4) is 0 Å². The number of benzene rings is 1. The van der Waals surface area contributed by atoms with Gasteiger partial charge in [-0.15, -0.1) is 10.2 Å². The zero-order valence-electron chi connectivity index (χ0n) is 9.48. The van der Waals surface area contributed by atoms with Crippen LogP contribution in [-0.2, 0) is 11.3 Å². The van der Waals surface area contributed by atoms with Crippen molar-refractivity contribution in [2.24, 2.45) is 5.73 Å². The molecule has 0 fully saturated rings. The lowest BCUT2D eigenvalue weighted by Gasteiger charge is -2.08. The maximum absolute atomic E-state index is 10.6. The number of rotatable bonds is 5. The number of carboxylic acids is 1. The molecule has 0 bridgehead atoms. The molecular weight excluding hydrogens is 252 g/mol. The topological polar surface area (TPSA) is 94.0 Å². The lowest BCUT2D eigenvalue weighted by molar-refractivity contribution is -0.133. The van der Waals surface area contributed by atoms with Crippen LogP contribution in [0, 0.1) is 0 Å². The first-order chi connectivity index (χ1) is 8.72. The Morgan fingerprint density at radius 3 is 2.67 bits per heavy atom. The second-order valence-electron chi connectivity index (χ2n) is 3.46. The highest BCUT2D eigenvalue weighted by Gasteiger charge is 2.14. The maximum atomic E-state index is 10.6. The lowest BCUT2D eigenvalue weighted by atomic mass is 10.3. The van der Waals surface area contributed by atoms with Crippen molar-refractivity contribution in [2.75, 3.05) is 5.75 Å². The van der Waals surface area contributed by atoms with E-state index in [1.165, 1.54) is 0 Å². The molecule has 6 nitrogen and oxygen atoms in total. The molecule has 0 unspecified atom stereocenters. The van der Waals surface area contributed by atoms with Crippen molar-refractivity contribution in [3.05, 3.63) is 36.2 Å². The van der Waals surface area contributed by atoms with Gasteiger partial charge in [0.1, 0.15) is 0 Å². The highest BCUT2D eigenvalue weighted by Crippen LogP contribution is 2.21. The zero-order chi connectivity index (χ0) is 13.0. The van der Waals surface area contributed by atoms with Gasteiger partial charge in [0.25, 0.3) is 0 Å². The van der Waals surface area contributed by atoms with Crippen LogP contribution in [0.4, 0.5) is 0 Å². The molecule has 2 rings (SSSR count). The summed E-state index contributed by atoms with van der Waals surface area (Å²) in [6, 6.07) is 9.48. The Bertz CT molecular complexity index is 541. The van der Waals surface area contributed by atoms with Crippen molar-refractivity contribution in [1.29, 1.82) is 0 Å². The number of nitrogens with zero attached hydrogens (tertiary/aromatic N) is 3. The molecule has 94 valence electrons. The van der Waals surface area contributed by atoms with Crippen molar-refractivity contribution < 1.29 is 9.90 Å². The molecule has 0 spiro atoms. The molecule has 2 aromatic rings. The summed E-state index contributed by atoms with van der Waals surface area (Å²) in [6.07, 6.45) is 0. The first kappa shape index (κ1) is 12.6. The molecule has 0 atom stereocenters. The molecule has 0 saturated heterocycles. The van der Waals surface area contributed by atoms with E-state index < -0.39 is 5.97 Å². The number of para-hydroxylation sites is 1. The number of aromatic nitrogens is 3. The van der Waals surface area contributed by atoms with Crippen LogP contribution in [0.25, 0.3) is 5.69 Å². The van der Waals surface area contributed by atoms with Crippen molar-refractivity contribution in [2.45, 2.75) is 11.7 Å². The SMILES string of the molecule is NCc1nnc(SCC(=O)O)n1-c1ccccc1. The molecule has 1 heterocycles. The fourth-order valence-corrected chi connectivity index (χ4v) is 2.18. The van der Waals surface area contributed by atoms with Gasteiger partial charge in [-0.25, -0.2) is 0 Å². The van der Waals surface area contributed by atoms with E-state index in [1.807, 2.05) is 30.3 Å². The highest BCUT2D eigenvalue weighted by molar-refractivity contribution is 7.99. The fourth-order valence-electron chi connectivity index (χ4n) is 1.49. The first-order valence-electron chi connectivity index (χ1n) is 5.26. The summed E-state index contributed by atoms with van der Waals surface area (Å²) in [6.45, 7) is 0.246. The van der Waals surface area contributed by atoms with Crippen LogP contribution in [-0.4, -0.2) is 31.6 Å². The number of aliphatic carboxylic acids is 1. The zero-order valence-corrected chi connectivity index (χ0v) is 10.3. The van der Waals surface area contributed by atoms with Gasteiger partial charge in [0.05, 0.1) is 12.3 Å². The summed E-state index contributed by atoms with van der Waals surface area (Å²) in [5.74, 6) is -0.346. The molecule has 7 heteroatoms. The van der Waals surface area contributed by atoms with Gasteiger partial charge in [-0.2, -0.15) is 0 Å². The predicted octanol–water partition coefficient (Wildman–Crippen LogP) is 0.903. The van der Waals surface area contributed by atoms with E-state index in [0.29, 0.717) is 11.0 Å². The Labute approximate surface area is 108 Å². The Morgan fingerprint density at radius 1 is 1.33 bits per heavy atom. The normalized spacial score (nSPS) is 10.5. The van der Waals surface area contributed by atoms with Crippen LogP contribution in [0.1, 0.15) is 5.82 Å². The average molecular weight is 264 g/mol. The standard InChI is InChI=1S/C11H12N4O2S/c12-6-9-13-14-11(18-7-10(16)17)15(9)8-4-2-1-3-5-8/h1-5H,6-7,12H2,(H,16,17). The van der Waals surface area contributed by atoms with Crippen molar-refractivity contribution in [3.8, 4) is 5.69 Å². The van der Waals surface area contributed by atoms with Crippen LogP contribution in [0.2, 0.25) is 0 Å². The smallest absolute Gasteiger partial charge is 0.313 e. The Kier molecular flexibility index (Phi) is 3.96. The van der Waals surface area contributed by atoms with E-state index in [9.17, 15) is 4.79 Å². The van der Waals surface area contributed by atoms with Crippen molar-refractivity contribution in [3.63, 3.8) is 0 Å². The van der Waals surface area contributed by atoms with E-state index in [1.54, 1.807) is 4.57 Å². The van der Waals surface area contributed by atoms with Gasteiger partial charge in [-0.1, -0.05) is 30.0 Å². The van der Waals surface area contributed by atoms with Crippen LogP contribution < -0.4 is 5.73 Å². The number of hydrogen-bond donors (Lipinski definition) is 2. The molecular formula is C11H12N4O2S. The van der Waals surface area contributed by atoms with Crippen molar-refractivity contribution in [1.82, 2.24) is 14.8 Å². The Balaban J connectivity index is 2.37. The quantitative estimate of drug-likeness (QED) is 0.779. The monoisotopic (exact) mass is 264 g/mol. The molecule has 1 aromatic heterocycles. The third-order valence-corrected chi connectivity index (χ3v) is 3.14. The van der Waals surface area contributed by atoms with Gasteiger partial charge in [-0.05, 0) is 12.1 Å². The number of carbonyl (C=O) groups is 1. The summed E-state index contributed by atoms with van der Waals surface area (Å²) >= 11 is 1.12. The molecule has 0 aliphatic heterocycles. The predicted molar refractivity (Wildman–Crippen MR) is 67.6 cm³/mol. The number of carboxylic acid groups (broad SMARTS) is 1. The van der Waals surface area contributed by atoms with Crippen LogP contribution >= 0.6 is 11.8 Å². The summed E-state index contributed by atoms with van der Waals surface area (Å²) in [5, 5.41) is 17.2. The number of hydrogen-bond acceptors (Lipinski definition) is 5. The maximum Gasteiger partial charge on any atom is 0.313 e. The molecule has 0 aliphatic rings. The second-order valence-corrected chi connectivity index (χ2v) is 4.40. The molecule has 1 aromatic carbocycles. The van der Waals surface area contributed by atoms with Gasteiger partial charge in [0, 0.05) is 5.69 Å². The van der Waals surface area contributed by atoms with E-state index in [-0.39, 0.29) is 12.3 Å². The third kappa shape index (κ3) is 2.69. The Hall–Kier alpha value is -1.86. The molecule has 3 N–H and O–H groups in total. The fraction of sp³-hybridized carbons (Fsp3) is 0.182. The largest absolute Gasteiger partial charge is 0.481 e. The summed E-state index contributed by atoms with van der Waals surface area (Å²) in [5.41, 5.74) is 6.48. The molecule has 0 aliphatic carbocycles. The summed E-state index contributed by atoms with van der Waals surface area (Å²) in [4.78, 5) is 10.6. The molecule has 18 heavy (non-hydrogen) atoms. The number of nitrogens with two attached hydrogens (primary N) is 1. The van der Waals surface area contributed by atoms with E-state index in [0.717, 1.165) is 17.4 Å². The van der Waals surface area contributed by atoms with Gasteiger partial charge in [0.2, 0.25) is 0 Å². The second kappa shape index (κ2) is 5.65. The van der Waals surface area contributed by atoms with Crippen LogP contribution in [0.15, 0.2) is 35.5 Å². The van der Waals surface area contributed by atoms with E-state index in [4.69, 9.17) is 10.8 Å². The highest BCUT2D eigenvalue weighted by atomic mass is 32.2. The van der Waals surface area contributed by atoms with E-state index >= 15 is 0 Å². The minimum atomic E-state index is -0.892. The molecule has 0 saturated carbocycles. The van der Waals surface area contributed by atoms with Gasteiger partial charge in [0.15, 0.2) is 11.0 Å². The number of thioether (sulfide) groups is 1. The molecule has 0 amide bonds. The van der Waals surface area contributed by atoms with Gasteiger partial charge < -0.3 is 10.8 Å². The van der Waals surface area contributed by atoms with Gasteiger partial charge in [-0.3, -0.25) is 9.36 Å². The minimum absolute atomic E-state index is 0.0600.